The second-order valence-electron chi connectivity index (χ2n) is 8.04. The number of furan rings is 1. The average Bonchev–Trinajstić information content (AvgIpc) is 3.35. The Kier molecular flexibility index (Phi) is 5.70. The van der Waals surface area contributed by atoms with Crippen LogP contribution in [0.2, 0.25) is 0 Å². The Morgan fingerprint density at radius 2 is 1.68 bits per heavy atom. The Balaban J connectivity index is 1.65. The molecule has 0 spiro atoms. The number of nitrogens with zero attached hydrogens (tertiary/aromatic N) is 3. The van der Waals surface area contributed by atoms with Crippen molar-refractivity contribution in [2.45, 2.75) is 25.7 Å². The molecule has 0 aliphatic carbocycles. The van der Waals surface area contributed by atoms with Crippen LogP contribution in [0.1, 0.15) is 23.8 Å². The summed E-state index contributed by atoms with van der Waals surface area (Å²) in [7, 11) is -3.36. The molecule has 0 N–H and O–H groups in total. The molecule has 1 aliphatic rings. The first-order valence-corrected chi connectivity index (χ1v) is 12.1. The number of amides is 1. The Morgan fingerprint density at radius 3 is 2.29 bits per heavy atom. The van der Waals surface area contributed by atoms with Crippen LogP contribution in [0.5, 0.6) is 0 Å². The summed E-state index contributed by atoms with van der Waals surface area (Å²) >= 11 is 0. The summed E-state index contributed by atoms with van der Waals surface area (Å²) in [5.74, 6) is 0.254. The van der Waals surface area contributed by atoms with E-state index < -0.39 is 20.7 Å². The van der Waals surface area contributed by atoms with Crippen LogP contribution < -0.4 is 5.01 Å². The third-order valence-corrected chi connectivity index (χ3v) is 6.69. The maximum absolute atomic E-state index is 13.0. The number of hydrogen-bond acceptors (Lipinski definition) is 7. The van der Waals surface area contributed by atoms with Gasteiger partial charge in [-0.05, 0) is 80.4 Å². The molecule has 9 nitrogen and oxygen atoms in total. The van der Waals surface area contributed by atoms with Crippen LogP contribution in [-0.4, -0.2) is 31.2 Å². The molecule has 2 aromatic carbocycles. The highest BCUT2D eigenvalue weighted by atomic mass is 32.2. The fourth-order valence-electron chi connectivity index (χ4n) is 3.56. The zero-order valence-electron chi connectivity index (χ0n) is 18.9. The van der Waals surface area contributed by atoms with Crippen molar-refractivity contribution in [1.82, 2.24) is 0 Å². The minimum atomic E-state index is -3.36. The van der Waals surface area contributed by atoms with Gasteiger partial charge in [0.2, 0.25) is 0 Å². The van der Waals surface area contributed by atoms with E-state index in [0.29, 0.717) is 34.1 Å². The van der Waals surface area contributed by atoms with Crippen molar-refractivity contribution in [1.29, 1.82) is 0 Å². The summed E-state index contributed by atoms with van der Waals surface area (Å²) in [4.78, 5) is 24.2. The van der Waals surface area contributed by atoms with Gasteiger partial charge in [-0.25, -0.2) is 8.42 Å². The van der Waals surface area contributed by atoms with Crippen molar-refractivity contribution in [3.05, 3.63) is 81.1 Å². The molecule has 1 aromatic heterocycles. The standard InChI is InChI=1S/C24H21N3O6S/c1-14-11-21(22(27(29)30)12-15(14)2)23-10-7-18(33-23)13-20-16(3)25-26(24(20)28)17-5-8-19(9-6-17)34(4,31)32/h5-13H,1-4H3/b20-13-. The number of carbonyl (C=O) groups excluding carboxylic acids is 1. The molecule has 0 saturated carbocycles. The van der Waals surface area contributed by atoms with Gasteiger partial charge in [0.25, 0.3) is 11.6 Å². The quantitative estimate of drug-likeness (QED) is 0.297. The highest BCUT2D eigenvalue weighted by molar-refractivity contribution is 7.90. The molecule has 4 rings (SSSR count). The molecule has 34 heavy (non-hydrogen) atoms. The first-order valence-electron chi connectivity index (χ1n) is 10.2. The van der Waals surface area contributed by atoms with Crippen molar-refractivity contribution in [2.75, 3.05) is 11.3 Å². The number of carbonyl (C=O) groups is 1. The number of rotatable bonds is 5. The lowest BCUT2D eigenvalue weighted by atomic mass is 10.0. The van der Waals surface area contributed by atoms with Crippen LogP contribution in [0, 0.1) is 24.0 Å². The number of hydrogen-bond donors (Lipinski definition) is 0. The molecule has 174 valence electrons. The number of aryl methyl sites for hydroxylation is 2. The second-order valence-corrected chi connectivity index (χ2v) is 10.1. The molecule has 1 amide bonds. The van der Waals surface area contributed by atoms with Gasteiger partial charge < -0.3 is 4.42 Å². The van der Waals surface area contributed by atoms with Crippen molar-refractivity contribution in [3.8, 4) is 11.3 Å². The van der Waals surface area contributed by atoms with Crippen LogP contribution in [0.25, 0.3) is 17.4 Å². The summed E-state index contributed by atoms with van der Waals surface area (Å²) in [6.07, 6.45) is 2.64. The Morgan fingerprint density at radius 1 is 1.03 bits per heavy atom. The zero-order valence-corrected chi connectivity index (χ0v) is 19.7. The molecule has 10 heteroatoms. The molecular weight excluding hydrogens is 458 g/mol. The molecule has 0 atom stereocenters. The molecule has 0 bridgehead atoms. The van der Waals surface area contributed by atoms with E-state index in [4.69, 9.17) is 4.42 Å². The Bertz CT molecular complexity index is 1500. The first-order chi connectivity index (χ1) is 16.0. The van der Waals surface area contributed by atoms with Crippen LogP contribution in [0.15, 0.2) is 68.5 Å². The minimum absolute atomic E-state index is 0.0601. The minimum Gasteiger partial charge on any atom is -0.456 e. The number of sulfone groups is 1. The van der Waals surface area contributed by atoms with Gasteiger partial charge in [0.15, 0.2) is 9.84 Å². The number of anilines is 1. The Labute approximate surface area is 196 Å². The van der Waals surface area contributed by atoms with Crippen molar-refractivity contribution < 1.29 is 22.6 Å². The first kappa shape index (κ1) is 23.1. The van der Waals surface area contributed by atoms with Gasteiger partial charge in [0.05, 0.1) is 32.4 Å². The van der Waals surface area contributed by atoms with E-state index in [-0.39, 0.29) is 10.6 Å². The van der Waals surface area contributed by atoms with Crippen molar-refractivity contribution in [3.63, 3.8) is 0 Å². The van der Waals surface area contributed by atoms with E-state index in [0.717, 1.165) is 17.4 Å². The van der Waals surface area contributed by atoms with Gasteiger partial charge in [-0.1, -0.05) is 0 Å². The largest absolute Gasteiger partial charge is 0.456 e. The summed E-state index contributed by atoms with van der Waals surface area (Å²) in [5, 5.41) is 17.0. The fourth-order valence-corrected chi connectivity index (χ4v) is 4.19. The van der Waals surface area contributed by atoms with Gasteiger partial charge in [-0.15, -0.1) is 0 Å². The van der Waals surface area contributed by atoms with E-state index in [1.54, 1.807) is 32.0 Å². The number of nitro groups is 1. The lowest BCUT2D eigenvalue weighted by molar-refractivity contribution is -0.384. The predicted molar refractivity (Wildman–Crippen MR) is 128 cm³/mol. The maximum atomic E-state index is 13.0. The summed E-state index contributed by atoms with van der Waals surface area (Å²) in [6.45, 7) is 5.34. The average molecular weight is 480 g/mol. The highest BCUT2D eigenvalue weighted by Gasteiger charge is 2.29. The summed E-state index contributed by atoms with van der Waals surface area (Å²) in [6, 6.07) is 12.3. The number of benzene rings is 2. The van der Waals surface area contributed by atoms with Gasteiger partial charge in [-0.3, -0.25) is 14.9 Å². The topological polar surface area (TPSA) is 123 Å². The van der Waals surface area contributed by atoms with Gasteiger partial charge >= 0.3 is 0 Å². The van der Waals surface area contributed by atoms with Crippen LogP contribution >= 0.6 is 0 Å². The number of hydrazone groups is 1. The van der Waals surface area contributed by atoms with Crippen molar-refractivity contribution in [2.24, 2.45) is 5.10 Å². The lowest BCUT2D eigenvalue weighted by Gasteiger charge is -2.12. The van der Waals surface area contributed by atoms with Crippen molar-refractivity contribution >= 4 is 38.9 Å². The Hall–Kier alpha value is -4.05. The lowest BCUT2D eigenvalue weighted by Crippen LogP contribution is -2.21. The van der Waals surface area contributed by atoms with Crippen LogP contribution in [-0.2, 0) is 14.6 Å². The maximum Gasteiger partial charge on any atom is 0.280 e. The molecule has 0 unspecified atom stereocenters. The van der Waals surface area contributed by atoms with E-state index >= 15 is 0 Å². The van der Waals surface area contributed by atoms with E-state index in [1.807, 2.05) is 6.92 Å². The van der Waals surface area contributed by atoms with Gasteiger partial charge in [0, 0.05) is 12.3 Å². The molecule has 1 aliphatic heterocycles. The summed E-state index contributed by atoms with van der Waals surface area (Å²) in [5.41, 5.74) is 3.16. The SMILES string of the molecule is CC1=NN(c2ccc(S(C)(=O)=O)cc2)C(=O)/C1=C\c1ccc(-c2cc(C)c(C)cc2[N+](=O)[O-])o1. The molecular formula is C24H21N3O6S. The zero-order chi connectivity index (χ0) is 24.8. The van der Waals surface area contributed by atoms with E-state index in [2.05, 4.69) is 5.10 Å². The van der Waals surface area contributed by atoms with Crippen LogP contribution in [0.4, 0.5) is 11.4 Å². The van der Waals surface area contributed by atoms with E-state index in [9.17, 15) is 23.3 Å². The van der Waals surface area contributed by atoms with Gasteiger partial charge in [0.1, 0.15) is 11.5 Å². The monoisotopic (exact) mass is 479 g/mol. The molecule has 0 saturated heterocycles. The predicted octanol–water partition coefficient (Wildman–Crippen LogP) is 4.68. The smallest absolute Gasteiger partial charge is 0.280 e. The third-order valence-electron chi connectivity index (χ3n) is 5.56. The second kappa shape index (κ2) is 8.38. The van der Waals surface area contributed by atoms with Gasteiger partial charge in [-0.2, -0.15) is 10.1 Å². The van der Waals surface area contributed by atoms with E-state index in [1.165, 1.54) is 41.4 Å². The molecule has 0 radical (unpaired) electrons. The highest BCUT2D eigenvalue weighted by Crippen LogP contribution is 2.34. The fraction of sp³-hybridized carbons (Fsp3) is 0.167. The molecule has 2 heterocycles. The normalized spacial score (nSPS) is 15.2. The molecule has 3 aromatic rings. The molecule has 0 fully saturated rings. The summed E-state index contributed by atoms with van der Waals surface area (Å²) < 4.78 is 29.2. The third kappa shape index (κ3) is 4.27. The number of nitro benzene ring substituents is 1. The van der Waals surface area contributed by atoms with Crippen LogP contribution in [0.3, 0.4) is 0 Å².